The number of hydrogen-bond donors (Lipinski definition) is 1. The van der Waals surface area contributed by atoms with Crippen LogP contribution in [0.2, 0.25) is 0 Å². The van der Waals surface area contributed by atoms with Crippen LogP contribution >= 0.6 is 11.3 Å². The van der Waals surface area contributed by atoms with Crippen LogP contribution in [-0.2, 0) is 22.5 Å². The standard InChI is InChI=1S/C20H21N3O4S/c1-12-16-19(28-17(12)18(21)25)22-14(11-13-7-4-3-5-8-13)23(20(16)26)10-6-9-15(24)27-2/h3-5,7-8H,6,9-11H2,1-2H3,(H2,21,25). The van der Waals surface area contributed by atoms with E-state index < -0.39 is 5.91 Å². The number of amides is 1. The second kappa shape index (κ2) is 8.35. The number of rotatable bonds is 7. The van der Waals surface area contributed by atoms with Crippen LogP contribution in [0.4, 0.5) is 0 Å². The average Bonchev–Trinajstić information content (AvgIpc) is 3.01. The highest BCUT2D eigenvalue weighted by Gasteiger charge is 2.20. The number of primary amides is 1. The number of carbonyl (C=O) groups excluding carboxylic acids is 2. The molecule has 0 unspecified atom stereocenters. The Hall–Kier alpha value is -3.00. The van der Waals surface area contributed by atoms with Gasteiger partial charge in [-0.3, -0.25) is 19.0 Å². The molecule has 2 aromatic heterocycles. The first-order chi connectivity index (χ1) is 13.4. The highest BCUT2D eigenvalue weighted by Crippen LogP contribution is 2.27. The summed E-state index contributed by atoms with van der Waals surface area (Å²) in [6.07, 6.45) is 1.13. The lowest BCUT2D eigenvalue weighted by Gasteiger charge is -2.12. The van der Waals surface area contributed by atoms with E-state index in [0.717, 1.165) is 16.9 Å². The van der Waals surface area contributed by atoms with Crippen molar-refractivity contribution in [2.75, 3.05) is 7.11 Å². The van der Waals surface area contributed by atoms with Gasteiger partial charge in [0.2, 0.25) is 0 Å². The van der Waals surface area contributed by atoms with E-state index in [2.05, 4.69) is 9.72 Å². The Kier molecular flexibility index (Phi) is 5.89. The van der Waals surface area contributed by atoms with Crippen molar-refractivity contribution in [3.05, 3.63) is 62.5 Å². The van der Waals surface area contributed by atoms with E-state index in [-0.39, 0.29) is 17.9 Å². The smallest absolute Gasteiger partial charge is 0.305 e. The maximum Gasteiger partial charge on any atom is 0.305 e. The van der Waals surface area contributed by atoms with Crippen molar-refractivity contribution >= 4 is 33.4 Å². The topological polar surface area (TPSA) is 104 Å². The van der Waals surface area contributed by atoms with Gasteiger partial charge in [-0.2, -0.15) is 0 Å². The number of carbonyl (C=O) groups is 2. The third-order valence-electron chi connectivity index (χ3n) is 4.55. The SMILES string of the molecule is COC(=O)CCCn1c(Cc2ccccc2)nc2sc(C(N)=O)c(C)c2c1=O. The number of fused-ring (bicyclic) bond motifs is 1. The quantitative estimate of drug-likeness (QED) is 0.615. The Bertz CT molecular complexity index is 1090. The minimum atomic E-state index is -0.568. The van der Waals surface area contributed by atoms with E-state index in [1.54, 1.807) is 11.5 Å². The van der Waals surface area contributed by atoms with Gasteiger partial charge in [0.05, 0.1) is 17.4 Å². The number of ether oxygens (including phenoxy) is 1. The molecule has 1 amide bonds. The number of nitrogens with two attached hydrogens (primary N) is 1. The molecule has 146 valence electrons. The van der Waals surface area contributed by atoms with E-state index >= 15 is 0 Å². The number of aromatic nitrogens is 2. The summed E-state index contributed by atoms with van der Waals surface area (Å²) in [5.41, 5.74) is 6.79. The Morgan fingerprint density at radius 1 is 1.25 bits per heavy atom. The highest BCUT2D eigenvalue weighted by atomic mass is 32.1. The fourth-order valence-electron chi connectivity index (χ4n) is 3.12. The number of benzene rings is 1. The molecule has 7 nitrogen and oxygen atoms in total. The monoisotopic (exact) mass is 399 g/mol. The number of esters is 1. The Morgan fingerprint density at radius 2 is 1.96 bits per heavy atom. The van der Waals surface area contributed by atoms with Gasteiger partial charge < -0.3 is 10.5 Å². The van der Waals surface area contributed by atoms with Crippen LogP contribution in [0.5, 0.6) is 0 Å². The van der Waals surface area contributed by atoms with E-state index in [1.165, 1.54) is 7.11 Å². The number of methoxy groups -OCH3 is 1. The van der Waals surface area contributed by atoms with E-state index in [1.807, 2.05) is 30.3 Å². The van der Waals surface area contributed by atoms with Gasteiger partial charge in [0.15, 0.2) is 0 Å². The summed E-state index contributed by atoms with van der Waals surface area (Å²) >= 11 is 1.14. The maximum absolute atomic E-state index is 13.2. The zero-order valence-electron chi connectivity index (χ0n) is 15.7. The zero-order valence-corrected chi connectivity index (χ0v) is 16.5. The fraction of sp³-hybridized carbons (Fsp3) is 0.300. The molecular weight excluding hydrogens is 378 g/mol. The lowest BCUT2D eigenvalue weighted by atomic mass is 10.1. The van der Waals surface area contributed by atoms with Crippen molar-refractivity contribution in [1.29, 1.82) is 0 Å². The number of thiophene rings is 1. The van der Waals surface area contributed by atoms with Crippen LogP contribution in [-0.4, -0.2) is 28.5 Å². The minimum absolute atomic E-state index is 0.209. The molecule has 0 fully saturated rings. The summed E-state index contributed by atoms with van der Waals surface area (Å²) in [5, 5.41) is 0.411. The van der Waals surface area contributed by atoms with Gasteiger partial charge in [0.1, 0.15) is 10.7 Å². The van der Waals surface area contributed by atoms with Gasteiger partial charge in [-0.25, -0.2) is 4.98 Å². The van der Waals surface area contributed by atoms with E-state index in [0.29, 0.717) is 45.9 Å². The Morgan fingerprint density at radius 3 is 2.61 bits per heavy atom. The van der Waals surface area contributed by atoms with Crippen LogP contribution in [0.1, 0.15) is 39.5 Å². The fourth-order valence-corrected chi connectivity index (χ4v) is 4.16. The molecule has 28 heavy (non-hydrogen) atoms. The van der Waals surface area contributed by atoms with Crippen molar-refractivity contribution in [2.24, 2.45) is 5.73 Å². The molecule has 3 aromatic rings. The zero-order chi connectivity index (χ0) is 20.3. The predicted molar refractivity (Wildman–Crippen MR) is 108 cm³/mol. The summed E-state index contributed by atoms with van der Waals surface area (Å²) < 4.78 is 6.26. The average molecular weight is 399 g/mol. The van der Waals surface area contributed by atoms with Gasteiger partial charge in [0, 0.05) is 19.4 Å². The van der Waals surface area contributed by atoms with Gasteiger partial charge in [-0.05, 0) is 24.5 Å². The van der Waals surface area contributed by atoms with Crippen molar-refractivity contribution in [3.63, 3.8) is 0 Å². The molecule has 0 atom stereocenters. The van der Waals surface area contributed by atoms with Crippen LogP contribution in [0, 0.1) is 6.92 Å². The molecule has 0 spiro atoms. The first-order valence-corrected chi connectivity index (χ1v) is 9.67. The van der Waals surface area contributed by atoms with Crippen LogP contribution in [0.15, 0.2) is 35.1 Å². The molecule has 0 aliphatic carbocycles. The molecular formula is C20H21N3O4S. The minimum Gasteiger partial charge on any atom is -0.469 e. The van der Waals surface area contributed by atoms with Gasteiger partial charge in [-0.15, -0.1) is 11.3 Å². The first-order valence-electron chi connectivity index (χ1n) is 8.85. The lowest BCUT2D eigenvalue weighted by molar-refractivity contribution is -0.140. The number of hydrogen-bond acceptors (Lipinski definition) is 6. The molecule has 8 heteroatoms. The third kappa shape index (κ3) is 3.96. The second-order valence-corrected chi connectivity index (χ2v) is 7.43. The van der Waals surface area contributed by atoms with Gasteiger partial charge in [-0.1, -0.05) is 30.3 Å². The lowest BCUT2D eigenvalue weighted by Crippen LogP contribution is -2.26. The molecule has 2 N–H and O–H groups in total. The predicted octanol–water partition coefficient (Wildman–Crippen LogP) is 2.41. The normalized spacial score (nSPS) is 10.9. The molecule has 3 rings (SSSR count). The molecule has 0 saturated heterocycles. The van der Waals surface area contributed by atoms with E-state index in [4.69, 9.17) is 5.73 Å². The van der Waals surface area contributed by atoms with Crippen LogP contribution in [0.3, 0.4) is 0 Å². The summed E-state index contributed by atoms with van der Waals surface area (Å²) in [6.45, 7) is 2.04. The summed E-state index contributed by atoms with van der Waals surface area (Å²) in [7, 11) is 1.34. The molecule has 0 saturated carbocycles. The maximum atomic E-state index is 13.2. The second-order valence-electron chi connectivity index (χ2n) is 6.43. The molecule has 2 heterocycles. The van der Waals surface area contributed by atoms with Crippen molar-refractivity contribution in [3.8, 4) is 0 Å². The van der Waals surface area contributed by atoms with Gasteiger partial charge >= 0.3 is 5.97 Å². The third-order valence-corrected chi connectivity index (χ3v) is 5.75. The molecule has 1 aromatic carbocycles. The highest BCUT2D eigenvalue weighted by molar-refractivity contribution is 7.20. The first kappa shape index (κ1) is 19.8. The summed E-state index contributed by atoms with van der Waals surface area (Å²) in [6, 6.07) is 9.70. The van der Waals surface area contributed by atoms with E-state index in [9.17, 15) is 14.4 Å². The largest absolute Gasteiger partial charge is 0.469 e. The molecule has 0 bridgehead atoms. The summed E-state index contributed by atoms with van der Waals surface area (Å²) in [4.78, 5) is 41.8. The van der Waals surface area contributed by atoms with Crippen LogP contribution < -0.4 is 11.3 Å². The molecule has 0 aliphatic heterocycles. The van der Waals surface area contributed by atoms with Gasteiger partial charge in [0.25, 0.3) is 11.5 Å². The molecule has 0 radical (unpaired) electrons. The van der Waals surface area contributed by atoms with Crippen molar-refractivity contribution < 1.29 is 14.3 Å². The number of nitrogens with zero attached hydrogens (tertiary/aromatic N) is 2. The van der Waals surface area contributed by atoms with Crippen molar-refractivity contribution in [2.45, 2.75) is 32.7 Å². The summed E-state index contributed by atoms with van der Waals surface area (Å²) in [5.74, 6) is -0.304. The van der Waals surface area contributed by atoms with Crippen LogP contribution in [0.25, 0.3) is 10.2 Å². The van der Waals surface area contributed by atoms with Crippen molar-refractivity contribution in [1.82, 2.24) is 9.55 Å². The Labute approximate surface area is 165 Å². The Balaban J connectivity index is 2.09. The number of aryl methyl sites for hydroxylation is 1. The molecule has 0 aliphatic rings.